The van der Waals surface area contributed by atoms with E-state index >= 15 is 0 Å². The Hall–Kier alpha value is -1.52. The number of hydrogen-bond donors (Lipinski definition) is 2. The molecule has 104 valence electrons. The summed E-state index contributed by atoms with van der Waals surface area (Å²) in [7, 11) is 1.88. The van der Waals surface area contributed by atoms with Gasteiger partial charge in [0.2, 0.25) is 0 Å². The van der Waals surface area contributed by atoms with Crippen LogP contribution in [0.25, 0.3) is 0 Å². The first-order valence-corrected chi connectivity index (χ1v) is 7.31. The molecule has 3 nitrogen and oxygen atoms in total. The highest BCUT2D eigenvalue weighted by atomic mass is 79.9. The molecular formula is C15H15BrClN3. The van der Waals surface area contributed by atoms with E-state index in [1.54, 1.807) is 0 Å². The number of hydrogen-bond acceptors (Lipinski definition) is 3. The Morgan fingerprint density at radius 1 is 1.15 bits per heavy atom. The van der Waals surface area contributed by atoms with Crippen LogP contribution in [0.5, 0.6) is 0 Å². The second-order valence-corrected chi connectivity index (χ2v) is 5.61. The first-order chi connectivity index (χ1) is 9.60. The van der Waals surface area contributed by atoms with Gasteiger partial charge in [-0.1, -0.05) is 27.5 Å². The van der Waals surface area contributed by atoms with Crippen molar-refractivity contribution in [3.8, 4) is 0 Å². The maximum atomic E-state index is 6.04. The normalized spacial score (nSPS) is 11.3. The van der Waals surface area contributed by atoms with Gasteiger partial charge >= 0.3 is 0 Å². The van der Waals surface area contributed by atoms with Crippen LogP contribution in [0, 0.1) is 0 Å². The number of nitrogens with zero attached hydrogens (tertiary/aromatic N) is 1. The van der Waals surface area contributed by atoms with E-state index in [0.717, 1.165) is 27.1 Å². The van der Waals surface area contributed by atoms with Crippen molar-refractivity contribution in [2.24, 2.45) is 5.10 Å². The van der Waals surface area contributed by atoms with E-state index in [1.807, 2.05) is 56.4 Å². The third-order valence-corrected chi connectivity index (χ3v) is 3.60. The molecule has 0 fully saturated rings. The molecular weight excluding hydrogens is 338 g/mol. The fourth-order valence-corrected chi connectivity index (χ4v) is 2.20. The molecule has 0 aliphatic rings. The summed E-state index contributed by atoms with van der Waals surface area (Å²) in [5.74, 6) is 0. The molecule has 0 unspecified atom stereocenters. The lowest BCUT2D eigenvalue weighted by atomic mass is 10.1. The third-order valence-electron chi connectivity index (χ3n) is 2.84. The van der Waals surface area contributed by atoms with Gasteiger partial charge in [0.15, 0.2) is 0 Å². The van der Waals surface area contributed by atoms with Crippen molar-refractivity contribution in [2.75, 3.05) is 17.8 Å². The third kappa shape index (κ3) is 3.74. The molecule has 2 aromatic rings. The van der Waals surface area contributed by atoms with Crippen LogP contribution < -0.4 is 10.7 Å². The summed E-state index contributed by atoms with van der Waals surface area (Å²) < 4.78 is 1.04. The van der Waals surface area contributed by atoms with Gasteiger partial charge in [0, 0.05) is 27.8 Å². The molecule has 0 aliphatic heterocycles. The summed E-state index contributed by atoms with van der Waals surface area (Å²) in [6.07, 6.45) is 0. The Bertz CT molecular complexity index is 624. The average molecular weight is 353 g/mol. The highest BCUT2D eigenvalue weighted by Crippen LogP contribution is 2.21. The molecule has 0 saturated heterocycles. The molecule has 2 rings (SSSR count). The zero-order chi connectivity index (χ0) is 14.5. The maximum absolute atomic E-state index is 6.04. The minimum Gasteiger partial charge on any atom is -0.388 e. The molecule has 20 heavy (non-hydrogen) atoms. The van der Waals surface area contributed by atoms with Gasteiger partial charge in [-0.2, -0.15) is 5.10 Å². The molecule has 2 aromatic carbocycles. The lowest BCUT2D eigenvalue weighted by Gasteiger charge is -2.10. The summed E-state index contributed by atoms with van der Waals surface area (Å²) in [6, 6.07) is 13.5. The van der Waals surface area contributed by atoms with Gasteiger partial charge in [-0.3, -0.25) is 5.43 Å². The lowest BCUT2D eigenvalue weighted by molar-refractivity contribution is 1.32. The predicted octanol–water partition coefficient (Wildman–Crippen LogP) is 4.98. The molecule has 0 heterocycles. The van der Waals surface area contributed by atoms with Gasteiger partial charge in [-0.15, -0.1) is 0 Å². The Morgan fingerprint density at radius 3 is 2.50 bits per heavy atom. The Morgan fingerprint density at radius 2 is 1.85 bits per heavy atom. The summed E-state index contributed by atoms with van der Waals surface area (Å²) in [5.41, 5.74) is 6.80. The number of nitrogens with one attached hydrogen (secondary N) is 2. The van der Waals surface area contributed by atoms with E-state index in [0.29, 0.717) is 5.02 Å². The van der Waals surface area contributed by atoms with Crippen molar-refractivity contribution in [1.82, 2.24) is 0 Å². The molecule has 0 aliphatic carbocycles. The maximum Gasteiger partial charge on any atom is 0.0669 e. The number of halogens is 2. The Balaban J connectivity index is 2.22. The number of benzene rings is 2. The molecule has 0 saturated carbocycles. The fraction of sp³-hybridized carbons (Fsp3) is 0.133. The van der Waals surface area contributed by atoms with Gasteiger partial charge in [-0.05, 0) is 49.4 Å². The summed E-state index contributed by atoms with van der Waals surface area (Å²) in [6.45, 7) is 1.94. The van der Waals surface area contributed by atoms with Crippen molar-refractivity contribution < 1.29 is 0 Å². The van der Waals surface area contributed by atoms with Crippen LogP contribution in [-0.2, 0) is 0 Å². The minimum atomic E-state index is 0.692. The zero-order valence-electron chi connectivity index (χ0n) is 11.2. The van der Waals surface area contributed by atoms with Gasteiger partial charge < -0.3 is 5.32 Å². The number of hydrazone groups is 1. The zero-order valence-corrected chi connectivity index (χ0v) is 13.6. The van der Waals surface area contributed by atoms with Crippen LogP contribution in [0.15, 0.2) is 52.0 Å². The fourth-order valence-electron chi connectivity index (χ4n) is 1.77. The minimum absolute atomic E-state index is 0.692. The molecule has 0 atom stereocenters. The van der Waals surface area contributed by atoms with Crippen LogP contribution in [0.3, 0.4) is 0 Å². The smallest absolute Gasteiger partial charge is 0.0669 e. The van der Waals surface area contributed by atoms with Crippen LogP contribution in [0.4, 0.5) is 11.4 Å². The largest absolute Gasteiger partial charge is 0.388 e. The molecule has 0 radical (unpaired) electrons. The second kappa shape index (κ2) is 6.77. The van der Waals surface area contributed by atoms with Crippen molar-refractivity contribution in [2.45, 2.75) is 6.92 Å². The highest BCUT2D eigenvalue weighted by molar-refractivity contribution is 9.10. The Kier molecular flexibility index (Phi) is 5.04. The summed E-state index contributed by atoms with van der Waals surface area (Å²) in [4.78, 5) is 0. The van der Waals surface area contributed by atoms with Gasteiger partial charge in [0.25, 0.3) is 0 Å². The van der Waals surface area contributed by atoms with E-state index in [9.17, 15) is 0 Å². The quantitative estimate of drug-likeness (QED) is 0.601. The molecule has 0 aromatic heterocycles. The summed E-state index contributed by atoms with van der Waals surface area (Å²) in [5, 5.41) is 8.22. The Labute approximate surface area is 132 Å². The SMILES string of the molecule is CNc1ccc(Cl)cc1/C(C)=N/Nc1ccc(Br)cc1. The first-order valence-electron chi connectivity index (χ1n) is 6.13. The van der Waals surface area contributed by atoms with Gasteiger partial charge in [-0.25, -0.2) is 0 Å². The molecule has 0 bridgehead atoms. The van der Waals surface area contributed by atoms with Crippen LogP contribution in [-0.4, -0.2) is 12.8 Å². The topological polar surface area (TPSA) is 36.4 Å². The predicted molar refractivity (Wildman–Crippen MR) is 91.0 cm³/mol. The number of anilines is 2. The van der Waals surface area contributed by atoms with E-state index < -0.39 is 0 Å². The highest BCUT2D eigenvalue weighted by Gasteiger charge is 2.05. The lowest BCUT2D eigenvalue weighted by Crippen LogP contribution is -2.04. The first kappa shape index (κ1) is 14.9. The standard InChI is InChI=1S/C15H15BrClN3/c1-10(14-9-12(17)5-8-15(14)18-2)19-20-13-6-3-11(16)4-7-13/h3-9,18,20H,1-2H3/b19-10+. The van der Waals surface area contributed by atoms with Crippen molar-refractivity contribution in [3.05, 3.63) is 57.5 Å². The average Bonchev–Trinajstić information content (AvgIpc) is 2.46. The molecule has 2 N–H and O–H groups in total. The monoisotopic (exact) mass is 351 g/mol. The van der Waals surface area contributed by atoms with Crippen molar-refractivity contribution in [3.63, 3.8) is 0 Å². The van der Waals surface area contributed by atoms with Gasteiger partial charge in [0.05, 0.1) is 11.4 Å². The van der Waals surface area contributed by atoms with Crippen molar-refractivity contribution >= 4 is 44.6 Å². The van der Waals surface area contributed by atoms with Crippen LogP contribution >= 0.6 is 27.5 Å². The van der Waals surface area contributed by atoms with E-state index in [-0.39, 0.29) is 0 Å². The molecule has 0 spiro atoms. The van der Waals surface area contributed by atoms with E-state index in [1.165, 1.54) is 0 Å². The van der Waals surface area contributed by atoms with Crippen LogP contribution in [0.2, 0.25) is 5.02 Å². The van der Waals surface area contributed by atoms with Crippen molar-refractivity contribution in [1.29, 1.82) is 0 Å². The second-order valence-electron chi connectivity index (χ2n) is 4.26. The van der Waals surface area contributed by atoms with E-state index in [2.05, 4.69) is 31.8 Å². The van der Waals surface area contributed by atoms with Gasteiger partial charge in [0.1, 0.15) is 0 Å². The molecule has 0 amide bonds. The summed E-state index contributed by atoms with van der Waals surface area (Å²) >= 11 is 9.45. The molecule has 5 heteroatoms. The van der Waals surface area contributed by atoms with E-state index in [4.69, 9.17) is 11.6 Å². The number of rotatable bonds is 4. The van der Waals surface area contributed by atoms with Crippen LogP contribution in [0.1, 0.15) is 12.5 Å².